The molecular weight excluding hydrogens is 259 g/mol. The summed E-state index contributed by atoms with van der Waals surface area (Å²) in [7, 11) is 0. The Hall–Kier alpha value is -1.62. The van der Waals surface area contributed by atoms with Crippen LogP contribution < -0.4 is 10.5 Å². The van der Waals surface area contributed by atoms with E-state index in [-0.39, 0.29) is 18.3 Å². The van der Waals surface area contributed by atoms with Crippen LogP contribution in [0.5, 0.6) is 5.75 Å². The standard InChI is InChI=1S/C15H21FN2O2/c1-2-18(13-3-4-13)15(19)10-20-14-8-11(5-6-17)7-12(16)9-14/h7-9,13H,2-6,10,17H2,1H3. The molecule has 0 aromatic heterocycles. The Balaban J connectivity index is 1.94. The van der Waals surface area contributed by atoms with Gasteiger partial charge in [0.15, 0.2) is 6.61 Å². The van der Waals surface area contributed by atoms with Gasteiger partial charge in [-0.2, -0.15) is 0 Å². The first-order valence-corrected chi connectivity index (χ1v) is 7.05. The van der Waals surface area contributed by atoms with Crippen molar-refractivity contribution in [1.82, 2.24) is 4.90 Å². The van der Waals surface area contributed by atoms with Gasteiger partial charge in [0.1, 0.15) is 11.6 Å². The third kappa shape index (κ3) is 3.93. The third-order valence-corrected chi connectivity index (χ3v) is 3.38. The number of hydrogen-bond acceptors (Lipinski definition) is 3. The number of likely N-dealkylation sites (N-methyl/N-ethyl adjacent to an activating group) is 1. The van der Waals surface area contributed by atoms with Gasteiger partial charge in [-0.15, -0.1) is 0 Å². The van der Waals surface area contributed by atoms with Crippen LogP contribution in [0.15, 0.2) is 18.2 Å². The van der Waals surface area contributed by atoms with E-state index in [2.05, 4.69) is 0 Å². The summed E-state index contributed by atoms with van der Waals surface area (Å²) in [5, 5.41) is 0. The van der Waals surface area contributed by atoms with Gasteiger partial charge in [0, 0.05) is 18.7 Å². The van der Waals surface area contributed by atoms with E-state index in [0.29, 0.717) is 31.3 Å². The van der Waals surface area contributed by atoms with Crippen molar-refractivity contribution >= 4 is 5.91 Å². The summed E-state index contributed by atoms with van der Waals surface area (Å²) in [5.41, 5.74) is 6.24. The van der Waals surface area contributed by atoms with Crippen LogP contribution >= 0.6 is 0 Å². The van der Waals surface area contributed by atoms with E-state index >= 15 is 0 Å². The summed E-state index contributed by atoms with van der Waals surface area (Å²) < 4.78 is 18.8. The number of amides is 1. The Labute approximate surface area is 118 Å². The summed E-state index contributed by atoms with van der Waals surface area (Å²) in [5.74, 6) is -0.0266. The molecule has 0 heterocycles. The average Bonchev–Trinajstić information content (AvgIpc) is 3.22. The van der Waals surface area contributed by atoms with Crippen LogP contribution in [0.2, 0.25) is 0 Å². The molecule has 1 saturated carbocycles. The van der Waals surface area contributed by atoms with Crippen molar-refractivity contribution in [3.05, 3.63) is 29.6 Å². The van der Waals surface area contributed by atoms with E-state index in [1.165, 1.54) is 12.1 Å². The minimum Gasteiger partial charge on any atom is -0.484 e. The molecule has 1 aliphatic carbocycles. The molecule has 0 bridgehead atoms. The van der Waals surface area contributed by atoms with Gasteiger partial charge >= 0.3 is 0 Å². The SMILES string of the molecule is CCN(C(=O)COc1cc(F)cc(CCN)c1)C1CC1. The Bertz CT molecular complexity index is 475. The number of nitrogens with two attached hydrogens (primary N) is 1. The molecule has 0 unspecified atom stereocenters. The van der Waals surface area contributed by atoms with Crippen LogP contribution in [0.25, 0.3) is 0 Å². The zero-order valence-electron chi connectivity index (χ0n) is 11.8. The molecule has 110 valence electrons. The zero-order chi connectivity index (χ0) is 14.5. The summed E-state index contributed by atoms with van der Waals surface area (Å²) >= 11 is 0. The highest BCUT2D eigenvalue weighted by Crippen LogP contribution is 2.26. The minimum absolute atomic E-state index is 0.0420. The first-order valence-electron chi connectivity index (χ1n) is 7.05. The summed E-state index contributed by atoms with van der Waals surface area (Å²) in [4.78, 5) is 13.8. The van der Waals surface area contributed by atoms with Crippen molar-refractivity contribution in [2.75, 3.05) is 19.7 Å². The lowest BCUT2D eigenvalue weighted by Gasteiger charge is -2.20. The number of rotatable bonds is 7. The van der Waals surface area contributed by atoms with E-state index in [1.54, 1.807) is 6.07 Å². The highest BCUT2D eigenvalue weighted by molar-refractivity contribution is 5.78. The molecule has 0 atom stereocenters. The summed E-state index contributed by atoms with van der Waals surface area (Å²) in [6, 6.07) is 4.83. The fourth-order valence-corrected chi connectivity index (χ4v) is 2.27. The highest BCUT2D eigenvalue weighted by Gasteiger charge is 2.31. The Morgan fingerprint density at radius 2 is 2.20 bits per heavy atom. The molecule has 2 rings (SSSR count). The van der Waals surface area contributed by atoms with Gasteiger partial charge in [-0.3, -0.25) is 4.79 Å². The quantitative estimate of drug-likeness (QED) is 0.827. The van der Waals surface area contributed by atoms with Crippen LogP contribution in [0.4, 0.5) is 4.39 Å². The minimum atomic E-state index is -0.368. The maximum atomic E-state index is 13.4. The number of carbonyl (C=O) groups excluding carboxylic acids is 1. The molecule has 0 saturated heterocycles. The number of nitrogens with zero attached hydrogens (tertiary/aromatic N) is 1. The topological polar surface area (TPSA) is 55.6 Å². The van der Waals surface area contributed by atoms with Crippen LogP contribution in [-0.2, 0) is 11.2 Å². The molecule has 1 amide bonds. The molecule has 20 heavy (non-hydrogen) atoms. The molecule has 0 spiro atoms. The van der Waals surface area contributed by atoms with E-state index in [1.807, 2.05) is 11.8 Å². The monoisotopic (exact) mass is 280 g/mol. The predicted octanol–water partition coefficient (Wildman–Crippen LogP) is 1.72. The Morgan fingerprint density at radius 3 is 2.80 bits per heavy atom. The van der Waals surface area contributed by atoms with Gasteiger partial charge in [-0.1, -0.05) is 0 Å². The van der Waals surface area contributed by atoms with Crippen molar-refractivity contribution in [3.63, 3.8) is 0 Å². The van der Waals surface area contributed by atoms with Gasteiger partial charge in [-0.25, -0.2) is 4.39 Å². The Morgan fingerprint density at radius 1 is 1.45 bits per heavy atom. The highest BCUT2D eigenvalue weighted by atomic mass is 19.1. The number of carbonyl (C=O) groups is 1. The van der Waals surface area contributed by atoms with Crippen LogP contribution in [0.1, 0.15) is 25.3 Å². The van der Waals surface area contributed by atoms with Gasteiger partial charge in [0.25, 0.3) is 5.91 Å². The van der Waals surface area contributed by atoms with Crippen molar-refractivity contribution in [2.24, 2.45) is 5.73 Å². The van der Waals surface area contributed by atoms with Crippen molar-refractivity contribution in [1.29, 1.82) is 0 Å². The van der Waals surface area contributed by atoms with Crippen molar-refractivity contribution < 1.29 is 13.9 Å². The zero-order valence-corrected chi connectivity index (χ0v) is 11.8. The molecule has 1 aromatic carbocycles. The van der Waals surface area contributed by atoms with Crippen LogP contribution in [-0.4, -0.2) is 36.5 Å². The largest absolute Gasteiger partial charge is 0.484 e. The number of hydrogen-bond donors (Lipinski definition) is 1. The molecule has 0 aliphatic heterocycles. The second-order valence-electron chi connectivity index (χ2n) is 5.03. The number of halogens is 1. The lowest BCUT2D eigenvalue weighted by atomic mass is 10.1. The van der Waals surface area contributed by atoms with Crippen LogP contribution in [0.3, 0.4) is 0 Å². The van der Waals surface area contributed by atoms with E-state index in [0.717, 1.165) is 18.4 Å². The fourth-order valence-electron chi connectivity index (χ4n) is 2.27. The second kappa shape index (κ2) is 6.70. The lowest BCUT2D eigenvalue weighted by Crippen LogP contribution is -2.36. The molecule has 4 nitrogen and oxygen atoms in total. The van der Waals surface area contributed by atoms with Crippen molar-refractivity contribution in [3.8, 4) is 5.75 Å². The van der Waals surface area contributed by atoms with Crippen molar-refractivity contribution in [2.45, 2.75) is 32.2 Å². The molecule has 1 aromatic rings. The second-order valence-corrected chi connectivity index (χ2v) is 5.03. The van der Waals surface area contributed by atoms with Gasteiger partial charge in [-0.05, 0) is 50.4 Å². The average molecular weight is 280 g/mol. The molecule has 0 radical (unpaired) electrons. The number of benzene rings is 1. The Kier molecular flexibility index (Phi) is 4.95. The lowest BCUT2D eigenvalue weighted by molar-refractivity contribution is -0.133. The number of ether oxygens (including phenoxy) is 1. The van der Waals surface area contributed by atoms with Crippen LogP contribution in [0, 0.1) is 5.82 Å². The van der Waals surface area contributed by atoms with E-state index < -0.39 is 0 Å². The van der Waals surface area contributed by atoms with Gasteiger partial charge in [0.2, 0.25) is 0 Å². The van der Waals surface area contributed by atoms with Gasteiger partial charge < -0.3 is 15.4 Å². The molecule has 2 N–H and O–H groups in total. The smallest absolute Gasteiger partial charge is 0.260 e. The maximum absolute atomic E-state index is 13.4. The molecule has 1 fully saturated rings. The molecule has 1 aliphatic rings. The fraction of sp³-hybridized carbons (Fsp3) is 0.533. The van der Waals surface area contributed by atoms with E-state index in [9.17, 15) is 9.18 Å². The first-order chi connectivity index (χ1) is 9.63. The normalized spacial score (nSPS) is 14.2. The summed E-state index contributed by atoms with van der Waals surface area (Å²) in [6.45, 7) is 3.05. The maximum Gasteiger partial charge on any atom is 0.260 e. The van der Waals surface area contributed by atoms with Gasteiger partial charge in [0.05, 0.1) is 0 Å². The first kappa shape index (κ1) is 14.8. The molecule has 5 heteroatoms. The third-order valence-electron chi connectivity index (χ3n) is 3.38. The predicted molar refractivity (Wildman–Crippen MR) is 75.1 cm³/mol. The molecular formula is C15H21FN2O2. The van der Waals surface area contributed by atoms with E-state index in [4.69, 9.17) is 10.5 Å². The summed E-state index contributed by atoms with van der Waals surface area (Å²) in [6.07, 6.45) is 2.73.